The molecular formula is C34H37Cl2FN2O4S. The first kappa shape index (κ1) is 32.7. The number of halogens is 3. The van der Waals surface area contributed by atoms with Crippen LogP contribution in [-0.2, 0) is 20.7 Å². The Bertz CT molecular complexity index is 1530. The molecule has 10 heteroatoms. The van der Waals surface area contributed by atoms with Gasteiger partial charge in [0.15, 0.2) is 5.60 Å². The van der Waals surface area contributed by atoms with Crippen LogP contribution >= 0.6 is 35.0 Å². The number of thioether (sulfide) groups is 1. The molecule has 2 aromatic carbocycles. The monoisotopic (exact) mass is 658 g/mol. The van der Waals surface area contributed by atoms with E-state index in [1.54, 1.807) is 31.2 Å². The van der Waals surface area contributed by atoms with Crippen LogP contribution < -0.4 is 0 Å². The van der Waals surface area contributed by atoms with Crippen LogP contribution in [0.5, 0.6) is 0 Å². The van der Waals surface area contributed by atoms with Crippen LogP contribution in [-0.4, -0.2) is 51.0 Å². The van der Waals surface area contributed by atoms with Gasteiger partial charge in [-0.1, -0.05) is 62.2 Å². The highest BCUT2D eigenvalue weighted by atomic mass is 35.5. The van der Waals surface area contributed by atoms with E-state index in [2.05, 4.69) is 25.8 Å². The first-order chi connectivity index (χ1) is 20.8. The SMILES string of the molecule is COC(=O)c1ccc(C[C@@]2(C)O[C@H](c3cccc(Cl)c3)[C@@H](c3ccc(Cl)c(F)c3)N([C@H](CSC(C)(C)C)C3CC3)C2=O)nc1. The van der Waals surface area contributed by atoms with Crippen molar-refractivity contribution in [2.45, 2.75) is 75.5 Å². The molecule has 4 atom stereocenters. The highest BCUT2D eigenvalue weighted by Crippen LogP contribution is 2.51. The third-order valence-electron chi connectivity index (χ3n) is 8.10. The Labute approximate surface area is 272 Å². The number of pyridine rings is 1. The second-order valence-electron chi connectivity index (χ2n) is 12.7. The van der Waals surface area contributed by atoms with Gasteiger partial charge in [-0.25, -0.2) is 9.18 Å². The van der Waals surface area contributed by atoms with E-state index in [1.165, 1.54) is 25.4 Å². The predicted octanol–water partition coefficient (Wildman–Crippen LogP) is 8.27. The molecule has 1 amide bonds. The van der Waals surface area contributed by atoms with E-state index in [9.17, 15) is 9.59 Å². The quantitative estimate of drug-likeness (QED) is 0.216. The number of esters is 1. The van der Waals surface area contributed by atoms with Gasteiger partial charge in [-0.15, -0.1) is 0 Å². The van der Waals surface area contributed by atoms with E-state index in [4.69, 9.17) is 32.7 Å². The Morgan fingerprint density at radius 1 is 1.16 bits per heavy atom. The molecule has 1 aliphatic heterocycles. The minimum atomic E-state index is -1.33. The van der Waals surface area contributed by atoms with Crippen LogP contribution in [0.2, 0.25) is 10.0 Å². The molecule has 44 heavy (non-hydrogen) atoms. The van der Waals surface area contributed by atoms with Crippen LogP contribution in [0.15, 0.2) is 60.8 Å². The zero-order chi connectivity index (χ0) is 31.8. The van der Waals surface area contributed by atoms with E-state index in [1.807, 2.05) is 34.9 Å². The Hall–Kier alpha value is -2.65. The lowest BCUT2D eigenvalue weighted by Gasteiger charge is -2.52. The third-order valence-corrected chi connectivity index (χ3v) is 10.0. The summed E-state index contributed by atoms with van der Waals surface area (Å²) in [7, 11) is 1.31. The fourth-order valence-electron chi connectivity index (χ4n) is 5.75. The number of benzene rings is 2. The van der Waals surface area contributed by atoms with Gasteiger partial charge in [-0.2, -0.15) is 11.8 Å². The first-order valence-corrected chi connectivity index (χ1v) is 16.4. The van der Waals surface area contributed by atoms with Gasteiger partial charge in [-0.05, 0) is 73.2 Å². The minimum Gasteiger partial charge on any atom is -0.465 e. The zero-order valence-corrected chi connectivity index (χ0v) is 27.8. The normalized spacial score (nSPS) is 23.0. The molecule has 0 unspecified atom stereocenters. The topological polar surface area (TPSA) is 68.7 Å². The van der Waals surface area contributed by atoms with Crippen molar-refractivity contribution in [3.05, 3.63) is 99.0 Å². The highest BCUT2D eigenvalue weighted by Gasteiger charge is 2.55. The van der Waals surface area contributed by atoms with Crippen LogP contribution in [0.3, 0.4) is 0 Å². The molecule has 1 saturated carbocycles. The third kappa shape index (κ3) is 7.25. The van der Waals surface area contributed by atoms with Crippen LogP contribution in [0.4, 0.5) is 4.39 Å². The van der Waals surface area contributed by atoms with Gasteiger partial charge in [0, 0.05) is 39.9 Å². The van der Waals surface area contributed by atoms with Crippen molar-refractivity contribution in [1.29, 1.82) is 0 Å². The number of methoxy groups -OCH3 is 1. The number of hydrogen-bond donors (Lipinski definition) is 0. The number of ether oxygens (including phenoxy) is 2. The van der Waals surface area contributed by atoms with Crippen molar-refractivity contribution >= 4 is 46.8 Å². The fraction of sp³-hybridized carbons (Fsp3) is 0.441. The largest absolute Gasteiger partial charge is 0.465 e. The second kappa shape index (κ2) is 13.0. The van der Waals surface area contributed by atoms with E-state index < -0.39 is 29.5 Å². The lowest BCUT2D eigenvalue weighted by Crippen LogP contribution is -2.62. The maximum absolute atomic E-state index is 15.0. The lowest BCUT2D eigenvalue weighted by atomic mass is 9.85. The molecule has 2 heterocycles. The molecule has 0 N–H and O–H groups in total. The first-order valence-electron chi connectivity index (χ1n) is 14.7. The van der Waals surface area contributed by atoms with Gasteiger partial charge in [0.05, 0.1) is 23.7 Å². The maximum atomic E-state index is 15.0. The van der Waals surface area contributed by atoms with Crippen LogP contribution in [0, 0.1) is 11.7 Å². The number of nitrogens with zero attached hydrogens (tertiary/aromatic N) is 2. The molecule has 0 bridgehead atoms. The Morgan fingerprint density at radius 3 is 2.50 bits per heavy atom. The van der Waals surface area contributed by atoms with Crippen molar-refractivity contribution in [2.75, 3.05) is 12.9 Å². The number of morpholine rings is 1. The summed E-state index contributed by atoms with van der Waals surface area (Å²) in [5, 5.41) is 0.537. The van der Waals surface area contributed by atoms with E-state index in [0.29, 0.717) is 27.8 Å². The standard InChI is InChI=1S/C34H37Cl2FN2O4S/c1-33(2,3)44-19-28(20-9-10-20)39-29(21-12-14-26(36)27(37)16-21)30(22-7-6-8-24(35)15-22)43-34(4,32(39)41)17-25-13-11-23(18-38-25)31(40)42-5/h6-8,11-16,18,20,28-30H,9-10,17,19H2,1-5H3/t28-,29-,30-,34-/m1/s1. The molecule has 1 aromatic heterocycles. The van der Waals surface area contributed by atoms with Gasteiger partial charge >= 0.3 is 5.97 Å². The van der Waals surface area contributed by atoms with Crippen molar-refractivity contribution in [2.24, 2.45) is 5.92 Å². The maximum Gasteiger partial charge on any atom is 0.339 e. The summed E-state index contributed by atoms with van der Waals surface area (Å²) in [6.45, 7) is 8.28. The summed E-state index contributed by atoms with van der Waals surface area (Å²) in [6.07, 6.45) is 2.95. The van der Waals surface area contributed by atoms with Gasteiger partial charge in [0.1, 0.15) is 11.9 Å². The molecule has 5 rings (SSSR count). The van der Waals surface area contributed by atoms with Crippen molar-refractivity contribution < 1.29 is 23.5 Å². The fourth-order valence-corrected chi connectivity index (χ4v) is 7.17. The molecule has 0 radical (unpaired) electrons. The van der Waals surface area contributed by atoms with E-state index in [-0.39, 0.29) is 28.1 Å². The molecule has 3 aromatic rings. The Kier molecular flexibility index (Phi) is 9.66. The molecule has 0 spiro atoms. The summed E-state index contributed by atoms with van der Waals surface area (Å²) in [4.78, 5) is 33.3. The summed E-state index contributed by atoms with van der Waals surface area (Å²) >= 11 is 14.4. The number of carbonyl (C=O) groups excluding carboxylic acids is 2. The summed E-state index contributed by atoms with van der Waals surface area (Å²) in [5.41, 5.74) is 0.941. The summed E-state index contributed by atoms with van der Waals surface area (Å²) < 4.78 is 26.7. The molecule has 234 valence electrons. The van der Waals surface area contributed by atoms with Crippen molar-refractivity contribution in [3.8, 4) is 0 Å². The molecule has 1 saturated heterocycles. The molecule has 2 fully saturated rings. The van der Waals surface area contributed by atoms with Gasteiger partial charge < -0.3 is 14.4 Å². The molecule has 2 aliphatic rings. The Morgan fingerprint density at radius 2 is 1.91 bits per heavy atom. The van der Waals surface area contributed by atoms with Gasteiger partial charge in [0.2, 0.25) is 0 Å². The average molecular weight is 660 g/mol. The van der Waals surface area contributed by atoms with Gasteiger partial charge in [0.25, 0.3) is 5.91 Å². The second-order valence-corrected chi connectivity index (χ2v) is 15.4. The average Bonchev–Trinajstić information content (AvgIpc) is 3.82. The van der Waals surface area contributed by atoms with Crippen molar-refractivity contribution in [1.82, 2.24) is 9.88 Å². The number of aromatic nitrogens is 1. The summed E-state index contributed by atoms with van der Waals surface area (Å²) in [5.74, 6) is -0.211. The van der Waals surface area contributed by atoms with E-state index >= 15 is 4.39 Å². The van der Waals surface area contributed by atoms with Gasteiger partial charge in [-0.3, -0.25) is 9.78 Å². The lowest BCUT2D eigenvalue weighted by molar-refractivity contribution is -0.202. The number of hydrogen-bond acceptors (Lipinski definition) is 6. The Balaban J connectivity index is 1.64. The molecule has 6 nitrogen and oxygen atoms in total. The molecular weight excluding hydrogens is 622 g/mol. The summed E-state index contributed by atoms with van der Waals surface area (Å²) in [6, 6.07) is 14.7. The predicted molar refractivity (Wildman–Crippen MR) is 173 cm³/mol. The van der Waals surface area contributed by atoms with Crippen molar-refractivity contribution in [3.63, 3.8) is 0 Å². The zero-order valence-electron chi connectivity index (χ0n) is 25.5. The number of carbonyl (C=O) groups is 2. The highest BCUT2D eigenvalue weighted by molar-refractivity contribution is 8.00. The number of rotatable bonds is 9. The van der Waals surface area contributed by atoms with Crippen LogP contribution in [0.25, 0.3) is 0 Å². The number of amides is 1. The van der Waals surface area contributed by atoms with E-state index in [0.717, 1.165) is 24.2 Å². The molecule has 1 aliphatic carbocycles. The minimum absolute atomic E-state index is 0.0102. The van der Waals surface area contributed by atoms with Crippen LogP contribution in [0.1, 0.15) is 79.9 Å². The smallest absolute Gasteiger partial charge is 0.339 e.